The minimum Gasteiger partial charge on any atom is -0.481 e. The van der Waals surface area contributed by atoms with Gasteiger partial charge >= 0.3 is 5.97 Å². The van der Waals surface area contributed by atoms with Gasteiger partial charge in [0.1, 0.15) is 4.88 Å². The average Bonchev–Trinajstić information content (AvgIpc) is 2.81. The molecule has 16 heavy (non-hydrogen) atoms. The summed E-state index contributed by atoms with van der Waals surface area (Å²) in [5, 5.41) is 8.92. The Morgan fingerprint density at radius 1 is 1.56 bits per heavy atom. The molecular formula is C10H12N2O3S. The Hall–Kier alpha value is -1.43. The number of carboxylic acid groups (broad SMARTS) is 1. The van der Waals surface area contributed by atoms with Gasteiger partial charge in [-0.25, -0.2) is 0 Å². The molecule has 1 aromatic rings. The lowest BCUT2D eigenvalue weighted by Crippen LogP contribution is -2.42. The first kappa shape index (κ1) is 11.1. The van der Waals surface area contributed by atoms with E-state index in [-0.39, 0.29) is 5.91 Å². The van der Waals surface area contributed by atoms with Gasteiger partial charge in [-0.05, 0) is 12.8 Å². The standard InChI is InChI=1S/C10H12N2O3S/c13-9(8-4-11-6-16-8)12-3-1-2-7(5-12)10(14)15/h4,6-7H,1-3,5H2,(H,14,15). The van der Waals surface area contributed by atoms with E-state index in [2.05, 4.69) is 4.98 Å². The van der Waals surface area contributed by atoms with Crippen LogP contribution in [0.1, 0.15) is 22.5 Å². The Balaban J connectivity index is 2.05. The predicted octanol–water partition coefficient (Wildman–Crippen LogP) is 1.08. The number of aliphatic carboxylic acids is 1. The van der Waals surface area contributed by atoms with E-state index in [0.29, 0.717) is 24.4 Å². The number of hydrogen-bond donors (Lipinski definition) is 1. The minimum absolute atomic E-state index is 0.103. The molecule has 1 atom stereocenters. The van der Waals surface area contributed by atoms with E-state index in [1.807, 2.05) is 0 Å². The number of carbonyl (C=O) groups excluding carboxylic acids is 1. The lowest BCUT2D eigenvalue weighted by Gasteiger charge is -2.30. The smallest absolute Gasteiger partial charge is 0.308 e. The molecule has 0 aromatic carbocycles. The number of aromatic nitrogens is 1. The first-order valence-corrected chi connectivity index (χ1v) is 5.97. The number of nitrogens with zero attached hydrogens (tertiary/aromatic N) is 2. The van der Waals surface area contributed by atoms with E-state index in [9.17, 15) is 9.59 Å². The number of carbonyl (C=O) groups is 2. The normalized spacial score (nSPS) is 20.8. The second-order valence-electron chi connectivity index (χ2n) is 3.79. The van der Waals surface area contributed by atoms with E-state index < -0.39 is 11.9 Å². The maximum atomic E-state index is 11.9. The summed E-state index contributed by atoms with van der Waals surface area (Å²) in [6.45, 7) is 0.951. The molecule has 2 heterocycles. The molecule has 0 radical (unpaired) electrons. The van der Waals surface area contributed by atoms with E-state index in [1.54, 1.807) is 10.4 Å². The molecule has 1 aromatic heterocycles. The zero-order chi connectivity index (χ0) is 11.5. The second kappa shape index (κ2) is 4.61. The maximum Gasteiger partial charge on any atom is 0.308 e. The van der Waals surface area contributed by atoms with Gasteiger partial charge in [0, 0.05) is 13.1 Å². The summed E-state index contributed by atoms with van der Waals surface area (Å²) >= 11 is 1.28. The highest BCUT2D eigenvalue weighted by molar-refractivity contribution is 7.11. The third kappa shape index (κ3) is 2.21. The number of rotatable bonds is 2. The highest BCUT2D eigenvalue weighted by Crippen LogP contribution is 2.19. The van der Waals surface area contributed by atoms with Crippen LogP contribution in [0.2, 0.25) is 0 Å². The predicted molar refractivity (Wildman–Crippen MR) is 58.4 cm³/mol. The van der Waals surface area contributed by atoms with Crippen molar-refractivity contribution >= 4 is 23.2 Å². The van der Waals surface area contributed by atoms with Crippen LogP contribution >= 0.6 is 11.3 Å². The van der Waals surface area contributed by atoms with Gasteiger partial charge in [0.2, 0.25) is 0 Å². The Morgan fingerprint density at radius 2 is 2.38 bits per heavy atom. The van der Waals surface area contributed by atoms with Gasteiger partial charge in [-0.2, -0.15) is 0 Å². The van der Waals surface area contributed by atoms with E-state index >= 15 is 0 Å². The van der Waals surface area contributed by atoms with Crippen molar-refractivity contribution in [1.82, 2.24) is 9.88 Å². The average molecular weight is 240 g/mol. The van der Waals surface area contributed by atoms with Crippen molar-refractivity contribution < 1.29 is 14.7 Å². The summed E-state index contributed by atoms with van der Waals surface area (Å²) in [6, 6.07) is 0. The fourth-order valence-electron chi connectivity index (χ4n) is 1.84. The monoisotopic (exact) mass is 240 g/mol. The second-order valence-corrected chi connectivity index (χ2v) is 4.68. The van der Waals surface area contributed by atoms with Crippen LogP contribution in [0.4, 0.5) is 0 Å². The fourth-order valence-corrected chi connectivity index (χ4v) is 2.43. The number of hydrogen-bond acceptors (Lipinski definition) is 4. The van der Waals surface area contributed by atoms with Crippen LogP contribution in [-0.4, -0.2) is 40.0 Å². The molecule has 0 aliphatic carbocycles. The summed E-state index contributed by atoms with van der Waals surface area (Å²) in [7, 11) is 0. The van der Waals surface area contributed by atoms with Crippen molar-refractivity contribution in [2.45, 2.75) is 12.8 Å². The van der Waals surface area contributed by atoms with Crippen molar-refractivity contribution in [2.24, 2.45) is 5.92 Å². The third-order valence-electron chi connectivity index (χ3n) is 2.70. The summed E-state index contributed by atoms with van der Waals surface area (Å²) in [5.74, 6) is -1.35. The molecule has 0 saturated carbocycles. The molecule has 1 unspecified atom stereocenters. The van der Waals surface area contributed by atoms with Gasteiger partial charge in [-0.3, -0.25) is 14.6 Å². The van der Waals surface area contributed by atoms with E-state index in [0.717, 1.165) is 6.42 Å². The number of carboxylic acids is 1. The van der Waals surface area contributed by atoms with Crippen LogP contribution in [0.5, 0.6) is 0 Å². The number of likely N-dealkylation sites (tertiary alicyclic amines) is 1. The molecule has 1 saturated heterocycles. The summed E-state index contributed by atoms with van der Waals surface area (Å²) in [5.41, 5.74) is 1.60. The molecule has 1 fully saturated rings. The van der Waals surface area contributed by atoms with Crippen LogP contribution < -0.4 is 0 Å². The van der Waals surface area contributed by atoms with Crippen LogP contribution in [0.15, 0.2) is 11.7 Å². The van der Waals surface area contributed by atoms with E-state index in [4.69, 9.17) is 5.11 Å². The molecule has 1 aliphatic heterocycles. The van der Waals surface area contributed by atoms with Gasteiger partial charge in [0.15, 0.2) is 0 Å². The van der Waals surface area contributed by atoms with Crippen LogP contribution in [-0.2, 0) is 4.79 Å². The number of piperidine rings is 1. The van der Waals surface area contributed by atoms with E-state index in [1.165, 1.54) is 17.5 Å². The van der Waals surface area contributed by atoms with Gasteiger partial charge in [-0.1, -0.05) is 0 Å². The van der Waals surface area contributed by atoms with Crippen LogP contribution in [0.25, 0.3) is 0 Å². The lowest BCUT2D eigenvalue weighted by molar-refractivity contribution is -0.143. The topological polar surface area (TPSA) is 70.5 Å². The van der Waals surface area contributed by atoms with Crippen molar-refractivity contribution in [3.8, 4) is 0 Å². The number of amides is 1. The highest BCUT2D eigenvalue weighted by atomic mass is 32.1. The Kier molecular flexibility index (Phi) is 3.19. The molecule has 1 N–H and O–H groups in total. The van der Waals surface area contributed by atoms with Crippen molar-refractivity contribution in [3.05, 3.63) is 16.6 Å². The lowest BCUT2D eigenvalue weighted by atomic mass is 9.98. The molecule has 1 aliphatic rings. The first-order chi connectivity index (χ1) is 7.68. The van der Waals surface area contributed by atoms with Crippen molar-refractivity contribution in [3.63, 3.8) is 0 Å². The fraction of sp³-hybridized carbons (Fsp3) is 0.500. The number of thiazole rings is 1. The minimum atomic E-state index is -0.818. The Bertz CT molecular complexity index is 391. The van der Waals surface area contributed by atoms with Crippen LogP contribution in [0.3, 0.4) is 0 Å². The molecule has 5 nitrogen and oxygen atoms in total. The third-order valence-corrected chi connectivity index (χ3v) is 3.46. The van der Waals surface area contributed by atoms with Gasteiger partial charge in [-0.15, -0.1) is 11.3 Å². The maximum absolute atomic E-state index is 11.9. The summed E-state index contributed by atoms with van der Waals surface area (Å²) in [6.07, 6.45) is 2.93. The molecule has 0 bridgehead atoms. The summed E-state index contributed by atoms with van der Waals surface area (Å²) in [4.78, 5) is 28.8. The van der Waals surface area contributed by atoms with Crippen molar-refractivity contribution in [2.75, 3.05) is 13.1 Å². The Labute approximate surface area is 96.7 Å². The highest BCUT2D eigenvalue weighted by Gasteiger charge is 2.28. The van der Waals surface area contributed by atoms with Crippen molar-refractivity contribution in [1.29, 1.82) is 0 Å². The molecular weight excluding hydrogens is 228 g/mol. The zero-order valence-corrected chi connectivity index (χ0v) is 9.44. The van der Waals surface area contributed by atoms with Gasteiger partial charge < -0.3 is 10.0 Å². The molecule has 2 rings (SSSR count). The molecule has 0 spiro atoms. The van der Waals surface area contributed by atoms with Crippen LogP contribution in [0, 0.1) is 5.92 Å². The quantitative estimate of drug-likeness (QED) is 0.839. The largest absolute Gasteiger partial charge is 0.481 e. The first-order valence-electron chi connectivity index (χ1n) is 5.09. The molecule has 6 heteroatoms. The van der Waals surface area contributed by atoms with Gasteiger partial charge in [0.25, 0.3) is 5.91 Å². The zero-order valence-electron chi connectivity index (χ0n) is 8.63. The molecule has 86 valence electrons. The SMILES string of the molecule is O=C(O)C1CCCN(C(=O)c2cncs2)C1. The Morgan fingerprint density at radius 3 is 3.00 bits per heavy atom. The van der Waals surface area contributed by atoms with Gasteiger partial charge in [0.05, 0.1) is 17.6 Å². The summed E-state index contributed by atoms with van der Waals surface area (Å²) < 4.78 is 0. The molecule has 1 amide bonds.